The molecule has 0 aromatic rings. The Bertz CT molecular complexity index is 423. The Morgan fingerprint density at radius 3 is 2.24 bits per heavy atom. The predicted octanol–water partition coefficient (Wildman–Crippen LogP) is 2.44. The van der Waals surface area contributed by atoms with E-state index in [0.29, 0.717) is 13.0 Å². The van der Waals surface area contributed by atoms with Crippen molar-refractivity contribution >= 4 is 5.91 Å². The van der Waals surface area contributed by atoms with E-state index >= 15 is 0 Å². The van der Waals surface area contributed by atoms with Crippen molar-refractivity contribution in [2.75, 3.05) is 39.4 Å². The number of rotatable bonds is 6. The minimum atomic E-state index is 0.0519. The van der Waals surface area contributed by atoms with Crippen molar-refractivity contribution < 1.29 is 9.53 Å². The topological polar surface area (TPSA) is 67.6 Å². The molecule has 2 heterocycles. The Hall–Kier alpha value is -0.650. The largest absolute Gasteiger partial charge is 0.381 e. The van der Waals surface area contributed by atoms with Gasteiger partial charge in [-0.3, -0.25) is 9.69 Å². The number of hydrogen-bond acceptors (Lipinski definition) is 4. The first-order valence-electron chi connectivity index (χ1n) is 10.5. The Kier molecular flexibility index (Phi) is 6.75. The standard InChI is InChI=1S/C20H37N3O2/c21-16-19(7-3-1-4-8-19)15-18(24)22-17-20(9-13-25-14-10-20)23-11-5-2-6-12-23/h1-17,21H2,(H,22,24). The molecular formula is C20H37N3O2. The van der Waals surface area contributed by atoms with Crippen LogP contribution < -0.4 is 11.1 Å². The minimum Gasteiger partial charge on any atom is -0.381 e. The number of amides is 1. The average molecular weight is 352 g/mol. The van der Waals surface area contributed by atoms with Gasteiger partial charge in [0.05, 0.1) is 0 Å². The number of piperidine rings is 1. The molecular weight excluding hydrogens is 314 g/mol. The molecule has 3 fully saturated rings. The molecule has 5 nitrogen and oxygen atoms in total. The highest BCUT2D eigenvalue weighted by atomic mass is 16.5. The summed E-state index contributed by atoms with van der Waals surface area (Å²) in [5.41, 5.74) is 6.22. The highest BCUT2D eigenvalue weighted by molar-refractivity contribution is 5.76. The van der Waals surface area contributed by atoms with E-state index in [9.17, 15) is 4.79 Å². The summed E-state index contributed by atoms with van der Waals surface area (Å²) >= 11 is 0. The lowest BCUT2D eigenvalue weighted by molar-refractivity contribution is -0.125. The zero-order chi connectivity index (χ0) is 17.6. The first-order valence-corrected chi connectivity index (χ1v) is 10.5. The van der Waals surface area contributed by atoms with E-state index in [-0.39, 0.29) is 16.9 Å². The van der Waals surface area contributed by atoms with E-state index in [2.05, 4.69) is 10.2 Å². The number of ether oxygens (including phenoxy) is 1. The van der Waals surface area contributed by atoms with Gasteiger partial charge in [-0.1, -0.05) is 25.7 Å². The van der Waals surface area contributed by atoms with Crippen molar-refractivity contribution in [2.24, 2.45) is 11.1 Å². The summed E-state index contributed by atoms with van der Waals surface area (Å²) in [5.74, 6) is 0.204. The summed E-state index contributed by atoms with van der Waals surface area (Å²) < 4.78 is 5.62. The quantitative estimate of drug-likeness (QED) is 0.771. The van der Waals surface area contributed by atoms with Crippen LogP contribution in [0.5, 0.6) is 0 Å². The highest BCUT2D eigenvalue weighted by Gasteiger charge is 2.40. The molecule has 2 saturated heterocycles. The van der Waals surface area contributed by atoms with Crippen LogP contribution >= 0.6 is 0 Å². The molecule has 25 heavy (non-hydrogen) atoms. The molecule has 0 atom stereocenters. The molecule has 0 bridgehead atoms. The molecule has 3 aliphatic rings. The molecule has 0 unspecified atom stereocenters. The molecule has 5 heteroatoms. The van der Waals surface area contributed by atoms with Gasteiger partial charge in [0.1, 0.15) is 0 Å². The third kappa shape index (κ3) is 4.75. The Balaban J connectivity index is 1.57. The second-order valence-electron chi connectivity index (χ2n) is 8.60. The predicted molar refractivity (Wildman–Crippen MR) is 100 cm³/mol. The number of likely N-dealkylation sites (tertiary alicyclic amines) is 1. The Labute approximate surface area is 153 Å². The first-order chi connectivity index (χ1) is 12.2. The van der Waals surface area contributed by atoms with E-state index in [1.165, 1.54) is 51.6 Å². The number of nitrogens with zero attached hydrogens (tertiary/aromatic N) is 1. The van der Waals surface area contributed by atoms with Crippen LogP contribution in [0.4, 0.5) is 0 Å². The van der Waals surface area contributed by atoms with Gasteiger partial charge < -0.3 is 15.8 Å². The van der Waals surface area contributed by atoms with Crippen molar-refractivity contribution in [1.82, 2.24) is 10.2 Å². The zero-order valence-electron chi connectivity index (χ0n) is 15.9. The highest BCUT2D eigenvalue weighted by Crippen LogP contribution is 2.38. The zero-order valence-corrected chi connectivity index (χ0v) is 15.9. The van der Waals surface area contributed by atoms with E-state index in [0.717, 1.165) is 45.4 Å². The maximum absolute atomic E-state index is 12.7. The molecule has 1 amide bonds. The van der Waals surface area contributed by atoms with Crippen molar-refractivity contribution in [3.8, 4) is 0 Å². The Morgan fingerprint density at radius 2 is 1.60 bits per heavy atom. The number of carbonyl (C=O) groups is 1. The van der Waals surface area contributed by atoms with Crippen LogP contribution in [0.15, 0.2) is 0 Å². The summed E-state index contributed by atoms with van der Waals surface area (Å²) in [6, 6.07) is 0. The first kappa shape index (κ1) is 19.1. The van der Waals surface area contributed by atoms with Gasteiger partial charge in [-0.05, 0) is 63.6 Å². The molecule has 0 radical (unpaired) electrons. The van der Waals surface area contributed by atoms with Gasteiger partial charge in [0, 0.05) is 31.7 Å². The third-order valence-corrected chi connectivity index (χ3v) is 6.95. The van der Waals surface area contributed by atoms with E-state index in [4.69, 9.17) is 10.5 Å². The lowest BCUT2D eigenvalue weighted by atomic mass is 9.71. The normalized spacial score (nSPS) is 26.9. The van der Waals surface area contributed by atoms with Crippen LogP contribution in [0.3, 0.4) is 0 Å². The summed E-state index contributed by atoms with van der Waals surface area (Å²) in [6.45, 7) is 5.39. The van der Waals surface area contributed by atoms with Crippen molar-refractivity contribution in [1.29, 1.82) is 0 Å². The third-order valence-electron chi connectivity index (χ3n) is 6.95. The van der Waals surface area contributed by atoms with Gasteiger partial charge in [-0.2, -0.15) is 0 Å². The maximum atomic E-state index is 12.7. The maximum Gasteiger partial charge on any atom is 0.220 e. The van der Waals surface area contributed by atoms with Crippen LogP contribution in [-0.4, -0.2) is 55.7 Å². The summed E-state index contributed by atoms with van der Waals surface area (Å²) in [7, 11) is 0. The summed E-state index contributed by atoms with van der Waals surface area (Å²) in [5, 5.41) is 3.31. The SMILES string of the molecule is NCC1(CC(=O)NCC2(N3CCCCC3)CCOCC2)CCCCC1. The van der Waals surface area contributed by atoms with E-state index < -0.39 is 0 Å². The molecule has 144 valence electrons. The monoisotopic (exact) mass is 351 g/mol. The molecule has 1 saturated carbocycles. The van der Waals surface area contributed by atoms with E-state index in [1.807, 2.05) is 0 Å². The van der Waals surface area contributed by atoms with Gasteiger partial charge >= 0.3 is 0 Å². The van der Waals surface area contributed by atoms with E-state index in [1.54, 1.807) is 0 Å². The number of hydrogen-bond donors (Lipinski definition) is 2. The summed E-state index contributed by atoms with van der Waals surface area (Å²) in [4.78, 5) is 15.4. The number of carbonyl (C=O) groups excluding carboxylic acids is 1. The second kappa shape index (κ2) is 8.83. The number of nitrogens with one attached hydrogen (secondary N) is 1. The van der Waals surface area contributed by atoms with Crippen molar-refractivity contribution in [3.63, 3.8) is 0 Å². The van der Waals surface area contributed by atoms with Gasteiger partial charge in [-0.15, -0.1) is 0 Å². The minimum absolute atomic E-state index is 0.0519. The van der Waals surface area contributed by atoms with Gasteiger partial charge in [0.2, 0.25) is 5.91 Å². The fraction of sp³-hybridized carbons (Fsp3) is 0.950. The second-order valence-corrected chi connectivity index (χ2v) is 8.60. The van der Waals surface area contributed by atoms with Crippen LogP contribution in [-0.2, 0) is 9.53 Å². The van der Waals surface area contributed by atoms with Crippen molar-refractivity contribution in [3.05, 3.63) is 0 Å². The van der Waals surface area contributed by atoms with Crippen LogP contribution in [0.25, 0.3) is 0 Å². The van der Waals surface area contributed by atoms with Crippen molar-refractivity contribution in [2.45, 2.75) is 76.2 Å². The smallest absolute Gasteiger partial charge is 0.220 e. The van der Waals surface area contributed by atoms with Gasteiger partial charge in [-0.25, -0.2) is 0 Å². The van der Waals surface area contributed by atoms with Crippen LogP contribution in [0.1, 0.15) is 70.6 Å². The lowest BCUT2D eigenvalue weighted by Crippen LogP contribution is -2.59. The average Bonchev–Trinajstić information content (AvgIpc) is 2.68. The van der Waals surface area contributed by atoms with Crippen LogP contribution in [0, 0.1) is 5.41 Å². The lowest BCUT2D eigenvalue weighted by Gasteiger charge is -2.48. The Morgan fingerprint density at radius 1 is 0.960 bits per heavy atom. The fourth-order valence-corrected chi connectivity index (χ4v) is 5.15. The molecule has 0 aromatic carbocycles. The molecule has 2 aliphatic heterocycles. The summed E-state index contributed by atoms with van der Waals surface area (Å²) in [6.07, 6.45) is 12.6. The molecule has 0 aromatic heterocycles. The van der Waals surface area contributed by atoms with Crippen LogP contribution in [0.2, 0.25) is 0 Å². The molecule has 1 aliphatic carbocycles. The molecule has 0 spiro atoms. The fourth-order valence-electron chi connectivity index (χ4n) is 5.15. The number of nitrogens with two attached hydrogens (primary N) is 1. The van der Waals surface area contributed by atoms with Gasteiger partial charge in [0.25, 0.3) is 0 Å². The molecule has 3 N–H and O–H groups in total. The van der Waals surface area contributed by atoms with Gasteiger partial charge in [0.15, 0.2) is 0 Å². The molecule has 3 rings (SSSR count).